The Hall–Kier alpha value is -3.53. The summed E-state index contributed by atoms with van der Waals surface area (Å²) in [4.78, 5) is 49.9. The summed E-state index contributed by atoms with van der Waals surface area (Å²) in [5, 5.41) is 9.87. The van der Waals surface area contributed by atoms with E-state index in [1.54, 1.807) is 60.7 Å². The van der Waals surface area contributed by atoms with Crippen molar-refractivity contribution in [2.24, 2.45) is 0 Å². The highest BCUT2D eigenvalue weighted by atomic mass is 35.5. The Balaban J connectivity index is 1.87. The highest BCUT2D eigenvalue weighted by molar-refractivity contribution is 6.21. The second-order valence-corrected chi connectivity index (χ2v) is 8.70. The lowest BCUT2D eigenvalue weighted by atomic mass is 9.98. The third-order valence-electron chi connectivity index (χ3n) is 5.49. The van der Waals surface area contributed by atoms with Gasteiger partial charge in [-0.1, -0.05) is 36.4 Å². The molecule has 0 unspecified atom stereocenters. The maximum atomic E-state index is 12.6. The number of aliphatic hydroxyl groups excluding tert-OH is 1. The molecule has 0 aliphatic carbocycles. The second-order valence-electron chi connectivity index (χ2n) is 8.20. The molecule has 2 aromatic carbocycles. The lowest BCUT2D eigenvalue weighted by molar-refractivity contribution is -0.167. The van der Waals surface area contributed by atoms with Crippen LogP contribution in [0.3, 0.4) is 0 Å². The van der Waals surface area contributed by atoms with Gasteiger partial charge in [-0.05, 0) is 37.3 Å². The van der Waals surface area contributed by atoms with E-state index in [1.165, 1.54) is 20.0 Å². The van der Waals surface area contributed by atoms with E-state index in [0.717, 1.165) is 11.0 Å². The van der Waals surface area contributed by atoms with Gasteiger partial charge in [0.25, 0.3) is 0 Å². The van der Waals surface area contributed by atoms with E-state index in [4.69, 9.17) is 25.8 Å². The highest BCUT2D eigenvalue weighted by Gasteiger charge is 2.57. The Bertz CT molecular complexity index is 1070. The number of alkyl halides is 1. The summed E-state index contributed by atoms with van der Waals surface area (Å²) < 4.78 is 16.8. The van der Waals surface area contributed by atoms with Crippen LogP contribution in [0.15, 0.2) is 72.9 Å². The normalized spacial score (nSPS) is 20.6. The Morgan fingerprint density at radius 2 is 1.42 bits per heavy atom. The van der Waals surface area contributed by atoms with E-state index >= 15 is 0 Å². The Labute approximate surface area is 213 Å². The average molecular weight is 516 g/mol. The van der Waals surface area contributed by atoms with E-state index in [-0.39, 0.29) is 16.9 Å². The molecule has 1 aliphatic heterocycles. The zero-order valence-corrected chi connectivity index (χ0v) is 20.5. The third kappa shape index (κ3) is 6.37. The van der Waals surface area contributed by atoms with Crippen molar-refractivity contribution in [1.82, 2.24) is 4.90 Å². The first-order valence-corrected chi connectivity index (χ1v) is 11.5. The van der Waals surface area contributed by atoms with Gasteiger partial charge in [0.05, 0.1) is 11.1 Å². The number of hydrogen-bond donors (Lipinski definition) is 1. The van der Waals surface area contributed by atoms with Gasteiger partial charge >= 0.3 is 11.9 Å². The molecule has 3 rings (SSSR count). The average Bonchev–Trinajstić information content (AvgIpc) is 3.12. The van der Waals surface area contributed by atoms with Gasteiger partial charge in [-0.2, -0.15) is 0 Å². The predicted octanol–water partition coefficient (Wildman–Crippen LogP) is 2.72. The van der Waals surface area contributed by atoms with Gasteiger partial charge in [-0.15, -0.1) is 11.6 Å². The number of amides is 1. The van der Waals surface area contributed by atoms with Crippen molar-refractivity contribution in [3.8, 4) is 0 Å². The number of aliphatic hydroxyl groups is 1. The lowest BCUT2D eigenvalue weighted by Gasteiger charge is -2.32. The van der Waals surface area contributed by atoms with Crippen LogP contribution in [0, 0.1) is 0 Å². The van der Waals surface area contributed by atoms with Crippen molar-refractivity contribution in [3.05, 3.63) is 84.1 Å². The van der Waals surface area contributed by atoms with Gasteiger partial charge in [-0.25, -0.2) is 9.59 Å². The van der Waals surface area contributed by atoms with Gasteiger partial charge in [0.2, 0.25) is 5.91 Å². The number of rotatable bonds is 9. The van der Waals surface area contributed by atoms with Crippen LogP contribution in [0.25, 0.3) is 0 Å². The fraction of sp³-hybridized carbons (Fsp3) is 0.308. The summed E-state index contributed by atoms with van der Waals surface area (Å²) in [6, 6.07) is 16.3. The summed E-state index contributed by atoms with van der Waals surface area (Å²) in [7, 11) is 0. The predicted molar refractivity (Wildman–Crippen MR) is 129 cm³/mol. The molecule has 1 saturated heterocycles. The van der Waals surface area contributed by atoms with E-state index in [0.29, 0.717) is 0 Å². The Morgan fingerprint density at radius 3 is 1.83 bits per heavy atom. The zero-order chi connectivity index (χ0) is 26.3. The summed E-state index contributed by atoms with van der Waals surface area (Å²) in [6.45, 7) is 1.46. The van der Waals surface area contributed by atoms with Crippen LogP contribution >= 0.6 is 11.6 Å². The van der Waals surface area contributed by atoms with Gasteiger partial charge in [0.1, 0.15) is 24.7 Å². The number of allylic oxidation sites excluding steroid dienone is 1. The van der Waals surface area contributed by atoms with E-state index < -0.39 is 54.4 Å². The zero-order valence-electron chi connectivity index (χ0n) is 19.7. The smallest absolute Gasteiger partial charge is 0.338 e. The SMILES string of the molecule is CC(=O)/C=C\N(C(C)=O)[C@@H]1OC(COC(=O)c2ccccc2)(COC(=O)c2ccccc2)[C@@H](O)[C@H]1Cl. The van der Waals surface area contributed by atoms with Gasteiger partial charge in [0.15, 0.2) is 17.6 Å². The molecule has 1 N–H and O–H groups in total. The number of carbonyl (C=O) groups excluding carboxylic acids is 4. The number of halogens is 1. The molecule has 1 heterocycles. The number of nitrogens with zero attached hydrogens (tertiary/aromatic N) is 1. The molecule has 0 saturated carbocycles. The molecule has 9 nitrogen and oxygen atoms in total. The van der Waals surface area contributed by atoms with Crippen molar-refractivity contribution >= 4 is 35.2 Å². The molecular formula is C26H26ClNO8. The molecule has 1 fully saturated rings. The van der Waals surface area contributed by atoms with Gasteiger partial charge in [-0.3, -0.25) is 14.5 Å². The summed E-state index contributed by atoms with van der Waals surface area (Å²) in [6.07, 6.45) is -0.435. The van der Waals surface area contributed by atoms with E-state index in [2.05, 4.69) is 0 Å². The summed E-state index contributed by atoms with van der Waals surface area (Å²) >= 11 is 6.46. The Kier molecular flexibility index (Phi) is 8.98. The first-order chi connectivity index (χ1) is 17.1. The molecule has 1 amide bonds. The molecule has 0 radical (unpaired) electrons. The molecular weight excluding hydrogens is 490 g/mol. The van der Waals surface area contributed by atoms with Crippen molar-refractivity contribution < 1.29 is 38.5 Å². The summed E-state index contributed by atoms with van der Waals surface area (Å²) in [5.41, 5.74) is -1.28. The van der Waals surface area contributed by atoms with Crippen molar-refractivity contribution in [2.75, 3.05) is 13.2 Å². The quantitative estimate of drug-likeness (QED) is 0.307. The molecule has 190 valence electrons. The maximum Gasteiger partial charge on any atom is 0.338 e. The van der Waals surface area contributed by atoms with Crippen LogP contribution in [-0.2, 0) is 23.8 Å². The molecule has 3 atom stereocenters. The number of benzene rings is 2. The monoisotopic (exact) mass is 515 g/mol. The third-order valence-corrected chi connectivity index (χ3v) is 5.94. The minimum atomic E-state index is -1.80. The van der Waals surface area contributed by atoms with Gasteiger partial charge < -0.3 is 19.3 Å². The fourth-order valence-corrected chi connectivity index (χ4v) is 3.96. The minimum absolute atomic E-state index is 0.259. The Morgan fingerprint density at radius 1 is 0.944 bits per heavy atom. The van der Waals surface area contributed by atoms with E-state index in [9.17, 15) is 24.3 Å². The van der Waals surface area contributed by atoms with Crippen LogP contribution in [0.5, 0.6) is 0 Å². The minimum Gasteiger partial charge on any atom is -0.459 e. The van der Waals surface area contributed by atoms with Crippen LogP contribution in [0.4, 0.5) is 0 Å². The lowest BCUT2D eigenvalue weighted by Crippen LogP contribution is -2.51. The number of hydrogen-bond acceptors (Lipinski definition) is 8. The molecule has 36 heavy (non-hydrogen) atoms. The standard InChI is InChI=1S/C26H26ClNO8/c1-17(29)13-14-28(18(2)30)23-21(27)22(31)26(36-23,15-34-24(32)19-9-5-3-6-10-19)16-35-25(33)20-11-7-4-8-12-20/h3-14,21-23,31H,15-16H2,1-2H3/b14-13-/t21-,22+,23-/m1/s1. The maximum absolute atomic E-state index is 12.6. The van der Waals surface area contributed by atoms with Crippen LogP contribution in [0.2, 0.25) is 0 Å². The van der Waals surface area contributed by atoms with Crippen molar-refractivity contribution in [2.45, 2.75) is 37.2 Å². The number of ether oxygens (including phenoxy) is 3. The topological polar surface area (TPSA) is 119 Å². The molecule has 2 aromatic rings. The molecule has 0 aromatic heterocycles. The molecule has 0 spiro atoms. The first kappa shape index (κ1) is 27.1. The van der Waals surface area contributed by atoms with Crippen LogP contribution in [-0.4, -0.2) is 70.2 Å². The van der Waals surface area contributed by atoms with Crippen LogP contribution in [0.1, 0.15) is 34.6 Å². The van der Waals surface area contributed by atoms with Crippen LogP contribution < -0.4 is 0 Å². The van der Waals surface area contributed by atoms with Gasteiger partial charge in [0, 0.05) is 13.1 Å². The number of carbonyl (C=O) groups is 4. The first-order valence-electron chi connectivity index (χ1n) is 11.1. The number of ketones is 1. The molecule has 1 aliphatic rings. The second kappa shape index (κ2) is 11.9. The molecule has 0 bridgehead atoms. The number of esters is 2. The molecule has 10 heteroatoms. The summed E-state index contributed by atoms with van der Waals surface area (Å²) in [5.74, 6) is -2.25. The largest absolute Gasteiger partial charge is 0.459 e. The van der Waals surface area contributed by atoms with Crippen molar-refractivity contribution in [1.29, 1.82) is 0 Å². The fourth-order valence-electron chi connectivity index (χ4n) is 3.56. The van der Waals surface area contributed by atoms with E-state index in [1.807, 2.05) is 0 Å². The van der Waals surface area contributed by atoms with Crippen molar-refractivity contribution in [3.63, 3.8) is 0 Å². The highest BCUT2D eigenvalue weighted by Crippen LogP contribution is 2.37.